The molecule has 1 aliphatic rings. The third-order valence-corrected chi connectivity index (χ3v) is 3.63. The zero-order valence-corrected chi connectivity index (χ0v) is 10.5. The zero-order chi connectivity index (χ0) is 12.7. The van der Waals surface area contributed by atoms with Crippen LogP contribution in [0.2, 0.25) is 0 Å². The molecule has 0 atom stereocenters. The first-order chi connectivity index (χ1) is 8.15. The zero-order valence-electron chi connectivity index (χ0n) is 10.5. The first kappa shape index (κ1) is 14.4. The Bertz CT molecular complexity index is 228. The van der Waals surface area contributed by atoms with Crippen molar-refractivity contribution in [3.8, 4) is 0 Å². The molecule has 0 heterocycles. The van der Waals surface area contributed by atoms with E-state index in [0.717, 1.165) is 12.8 Å². The van der Waals surface area contributed by atoms with Crippen LogP contribution in [0.1, 0.15) is 39.0 Å². The van der Waals surface area contributed by atoms with Gasteiger partial charge in [0.2, 0.25) is 5.91 Å². The summed E-state index contributed by atoms with van der Waals surface area (Å²) in [5.74, 6) is -0.0587. The molecule has 1 saturated carbocycles. The van der Waals surface area contributed by atoms with Gasteiger partial charge in [0, 0.05) is 6.04 Å². The molecule has 100 valence electrons. The molecule has 1 amide bonds. The van der Waals surface area contributed by atoms with E-state index in [0.29, 0.717) is 12.5 Å². The summed E-state index contributed by atoms with van der Waals surface area (Å²) in [5.41, 5.74) is -0.743. The molecular formula is C12H24N2O3. The van der Waals surface area contributed by atoms with Crippen LogP contribution in [0.5, 0.6) is 0 Å². The molecule has 1 aliphatic carbocycles. The Hall–Kier alpha value is -0.650. The van der Waals surface area contributed by atoms with Crippen molar-refractivity contribution in [2.24, 2.45) is 0 Å². The molecule has 4 N–H and O–H groups in total. The van der Waals surface area contributed by atoms with Gasteiger partial charge in [0.05, 0.1) is 25.3 Å². The number of aliphatic hydroxyl groups is 2. The van der Waals surface area contributed by atoms with Gasteiger partial charge in [-0.2, -0.15) is 0 Å². The van der Waals surface area contributed by atoms with Crippen LogP contribution in [0, 0.1) is 0 Å². The molecule has 0 aromatic heterocycles. The Morgan fingerprint density at radius 2 is 1.88 bits per heavy atom. The largest absolute Gasteiger partial charge is 0.394 e. The summed E-state index contributed by atoms with van der Waals surface area (Å²) >= 11 is 0. The number of aliphatic hydroxyl groups excluding tert-OH is 2. The van der Waals surface area contributed by atoms with E-state index in [-0.39, 0.29) is 25.7 Å². The van der Waals surface area contributed by atoms with Crippen molar-refractivity contribution in [3.05, 3.63) is 0 Å². The number of nitrogens with one attached hydrogen (secondary N) is 2. The highest BCUT2D eigenvalue weighted by molar-refractivity contribution is 5.78. The number of hydrogen-bond acceptors (Lipinski definition) is 4. The molecule has 0 radical (unpaired) electrons. The smallest absolute Gasteiger partial charge is 0.234 e. The summed E-state index contributed by atoms with van der Waals surface area (Å²) in [6.07, 6.45) is 5.07. The predicted octanol–water partition coefficient (Wildman–Crippen LogP) is -0.232. The van der Waals surface area contributed by atoms with Gasteiger partial charge >= 0.3 is 0 Å². The first-order valence-electron chi connectivity index (χ1n) is 6.42. The van der Waals surface area contributed by atoms with E-state index in [1.54, 1.807) is 0 Å². The molecule has 1 fully saturated rings. The monoisotopic (exact) mass is 244 g/mol. The topological polar surface area (TPSA) is 81.6 Å². The van der Waals surface area contributed by atoms with E-state index in [1.165, 1.54) is 12.8 Å². The minimum Gasteiger partial charge on any atom is -0.394 e. The van der Waals surface area contributed by atoms with E-state index in [4.69, 9.17) is 0 Å². The number of rotatable bonds is 7. The van der Waals surface area contributed by atoms with Crippen LogP contribution in [-0.2, 0) is 4.79 Å². The van der Waals surface area contributed by atoms with E-state index in [2.05, 4.69) is 10.6 Å². The van der Waals surface area contributed by atoms with Gasteiger partial charge in [-0.05, 0) is 19.3 Å². The highest BCUT2D eigenvalue weighted by Crippen LogP contribution is 2.17. The first-order valence-corrected chi connectivity index (χ1v) is 6.42. The van der Waals surface area contributed by atoms with Gasteiger partial charge in [0.25, 0.3) is 0 Å². The van der Waals surface area contributed by atoms with Crippen molar-refractivity contribution in [2.75, 3.05) is 19.8 Å². The molecular weight excluding hydrogens is 220 g/mol. The molecule has 5 heteroatoms. The Morgan fingerprint density at radius 3 is 2.35 bits per heavy atom. The van der Waals surface area contributed by atoms with Crippen molar-refractivity contribution in [3.63, 3.8) is 0 Å². The van der Waals surface area contributed by atoms with E-state index < -0.39 is 5.54 Å². The van der Waals surface area contributed by atoms with Crippen molar-refractivity contribution in [1.82, 2.24) is 10.6 Å². The fraction of sp³-hybridized carbons (Fsp3) is 0.917. The quantitative estimate of drug-likeness (QED) is 0.498. The molecule has 0 aromatic carbocycles. The summed E-state index contributed by atoms with van der Waals surface area (Å²) in [6, 6.07) is 0.309. The number of carbonyl (C=O) groups excluding carboxylic acids is 1. The van der Waals surface area contributed by atoms with Gasteiger partial charge < -0.3 is 15.5 Å². The Kier molecular flexibility index (Phi) is 5.88. The molecule has 0 saturated heterocycles. The summed E-state index contributed by atoms with van der Waals surface area (Å²) in [5, 5.41) is 24.3. The minimum absolute atomic E-state index is 0.0587. The number of carbonyl (C=O) groups is 1. The average Bonchev–Trinajstić information content (AvgIpc) is 2.84. The van der Waals surface area contributed by atoms with Crippen LogP contribution in [0.4, 0.5) is 0 Å². The third-order valence-electron chi connectivity index (χ3n) is 3.63. The molecule has 0 unspecified atom stereocenters. The molecule has 0 spiro atoms. The van der Waals surface area contributed by atoms with Crippen LogP contribution in [0.25, 0.3) is 0 Å². The van der Waals surface area contributed by atoms with Crippen molar-refractivity contribution in [2.45, 2.75) is 50.6 Å². The van der Waals surface area contributed by atoms with Crippen LogP contribution in [-0.4, -0.2) is 47.5 Å². The molecule has 5 nitrogen and oxygen atoms in total. The highest BCUT2D eigenvalue weighted by Gasteiger charge is 2.27. The van der Waals surface area contributed by atoms with E-state index in [1.807, 2.05) is 6.92 Å². The Morgan fingerprint density at radius 1 is 1.29 bits per heavy atom. The van der Waals surface area contributed by atoms with Crippen LogP contribution >= 0.6 is 0 Å². The summed E-state index contributed by atoms with van der Waals surface area (Å²) in [6.45, 7) is 1.67. The van der Waals surface area contributed by atoms with Crippen LogP contribution in [0.15, 0.2) is 0 Å². The summed E-state index contributed by atoms with van der Waals surface area (Å²) in [7, 11) is 0. The summed E-state index contributed by atoms with van der Waals surface area (Å²) < 4.78 is 0. The molecule has 0 aromatic rings. The fourth-order valence-electron chi connectivity index (χ4n) is 2.13. The fourth-order valence-corrected chi connectivity index (χ4v) is 2.13. The maximum Gasteiger partial charge on any atom is 0.234 e. The highest BCUT2D eigenvalue weighted by atomic mass is 16.3. The lowest BCUT2D eigenvalue weighted by atomic mass is 9.98. The standard InChI is InChI=1S/C12H24N2O3/c1-2-12(8-15,9-16)13-7-11(17)14-10-5-3-4-6-10/h10,13,15-16H,2-9H2,1H3,(H,14,17). The molecule has 0 aliphatic heterocycles. The van der Waals surface area contributed by atoms with Gasteiger partial charge in [0.15, 0.2) is 0 Å². The van der Waals surface area contributed by atoms with Crippen molar-refractivity contribution >= 4 is 5.91 Å². The number of hydrogen-bond donors (Lipinski definition) is 4. The Balaban J connectivity index is 2.30. The lowest BCUT2D eigenvalue weighted by Gasteiger charge is -2.29. The molecule has 1 rings (SSSR count). The van der Waals surface area contributed by atoms with E-state index >= 15 is 0 Å². The average molecular weight is 244 g/mol. The maximum atomic E-state index is 11.7. The van der Waals surface area contributed by atoms with Crippen molar-refractivity contribution in [1.29, 1.82) is 0 Å². The molecule has 0 bridgehead atoms. The summed E-state index contributed by atoms with van der Waals surface area (Å²) in [4.78, 5) is 11.7. The SMILES string of the molecule is CCC(CO)(CO)NCC(=O)NC1CCCC1. The van der Waals surface area contributed by atoms with Gasteiger partial charge in [-0.1, -0.05) is 19.8 Å². The molecule has 17 heavy (non-hydrogen) atoms. The lowest BCUT2D eigenvalue weighted by Crippen LogP contribution is -2.54. The van der Waals surface area contributed by atoms with Gasteiger partial charge in [-0.25, -0.2) is 0 Å². The maximum absolute atomic E-state index is 11.7. The van der Waals surface area contributed by atoms with E-state index in [9.17, 15) is 15.0 Å². The second-order valence-electron chi connectivity index (χ2n) is 4.85. The number of amides is 1. The van der Waals surface area contributed by atoms with Crippen molar-refractivity contribution < 1.29 is 15.0 Å². The second kappa shape index (κ2) is 6.93. The predicted molar refractivity (Wildman–Crippen MR) is 65.6 cm³/mol. The Labute approximate surface area is 103 Å². The van der Waals surface area contributed by atoms with Crippen LogP contribution < -0.4 is 10.6 Å². The van der Waals surface area contributed by atoms with Gasteiger partial charge in [-0.3, -0.25) is 10.1 Å². The minimum atomic E-state index is -0.743. The second-order valence-corrected chi connectivity index (χ2v) is 4.85. The van der Waals surface area contributed by atoms with Gasteiger partial charge in [-0.15, -0.1) is 0 Å². The third kappa shape index (κ3) is 4.26. The van der Waals surface area contributed by atoms with Crippen LogP contribution in [0.3, 0.4) is 0 Å². The normalized spacial score (nSPS) is 17.4. The lowest BCUT2D eigenvalue weighted by molar-refractivity contribution is -0.121. The van der Waals surface area contributed by atoms with Gasteiger partial charge in [0.1, 0.15) is 0 Å².